The molecule has 0 saturated carbocycles. The van der Waals surface area contributed by atoms with E-state index in [1.807, 2.05) is 0 Å². The lowest BCUT2D eigenvalue weighted by Gasteiger charge is -2.33. The Balaban J connectivity index is 2.16. The lowest BCUT2D eigenvalue weighted by atomic mass is 10.2. The van der Waals surface area contributed by atoms with Gasteiger partial charge in [-0.1, -0.05) is 6.92 Å². The fourth-order valence-corrected chi connectivity index (χ4v) is 4.99. The zero-order valence-corrected chi connectivity index (χ0v) is 13.5. The molecule has 0 aromatic heterocycles. The van der Waals surface area contributed by atoms with Crippen molar-refractivity contribution in [1.29, 1.82) is 0 Å². The SMILES string of the molecule is CCC1CN(C)CCCN1S(=O)(=O)N1CCCNCC1. The summed E-state index contributed by atoms with van der Waals surface area (Å²) in [4.78, 5) is 2.24. The zero-order valence-electron chi connectivity index (χ0n) is 12.7. The quantitative estimate of drug-likeness (QED) is 0.794. The highest BCUT2D eigenvalue weighted by Gasteiger charge is 2.35. The fraction of sp³-hybridized carbons (Fsp3) is 1.00. The van der Waals surface area contributed by atoms with Gasteiger partial charge >= 0.3 is 0 Å². The number of rotatable bonds is 3. The van der Waals surface area contributed by atoms with E-state index in [9.17, 15) is 8.42 Å². The van der Waals surface area contributed by atoms with E-state index >= 15 is 0 Å². The number of hydrogen-bond acceptors (Lipinski definition) is 4. The van der Waals surface area contributed by atoms with Crippen LogP contribution in [0.1, 0.15) is 26.2 Å². The molecule has 0 bridgehead atoms. The van der Waals surface area contributed by atoms with E-state index in [4.69, 9.17) is 0 Å². The van der Waals surface area contributed by atoms with Gasteiger partial charge in [0, 0.05) is 38.8 Å². The van der Waals surface area contributed by atoms with Gasteiger partial charge in [0.1, 0.15) is 0 Å². The summed E-state index contributed by atoms with van der Waals surface area (Å²) < 4.78 is 29.3. The predicted molar refractivity (Wildman–Crippen MR) is 80.9 cm³/mol. The van der Waals surface area contributed by atoms with Crippen LogP contribution in [0, 0.1) is 0 Å². The highest BCUT2D eigenvalue weighted by molar-refractivity contribution is 7.86. The first kappa shape index (κ1) is 16.2. The van der Waals surface area contributed by atoms with E-state index in [0.29, 0.717) is 19.6 Å². The molecule has 1 N–H and O–H groups in total. The Hall–Kier alpha value is -0.210. The normalized spacial score (nSPS) is 29.0. The van der Waals surface area contributed by atoms with Crippen molar-refractivity contribution in [3.8, 4) is 0 Å². The Morgan fingerprint density at radius 3 is 2.65 bits per heavy atom. The number of nitrogens with zero attached hydrogens (tertiary/aromatic N) is 3. The highest BCUT2D eigenvalue weighted by Crippen LogP contribution is 2.19. The summed E-state index contributed by atoms with van der Waals surface area (Å²) in [6.07, 6.45) is 2.68. The van der Waals surface area contributed by atoms with Gasteiger partial charge in [0.25, 0.3) is 10.2 Å². The zero-order chi connectivity index (χ0) is 14.6. The molecular weight excluding hydrogens is 276 g/mol. The molecule has 2 aliphatic heterocycles. The maximum atomic E-state index is 12.9. The summed E-state index contributed by atoms with van der Waals surface area (Å²) in [5, 5.41) is 3.26. The van der Waals surface area contributed by atoms with Crippen LogP contribution in [-0.4, -0.2) is 80.8 Å². The van der Waals surface area contributed by atoms with Gasteiger partial charge in [-0.05, 0) is 39.4 Å². The van der Waals surface area contributed by atoms with Crippen molar-refractivity contribution in [1.82, 2.24) is 18.8 Å². The van der Waals surface area contributed by atoms with Crippen LogP contribution in [0.25, 0.3) is 0 Å². The van der Waals surface area contributed by atoms with Crippen LogP contribution in [-0.2, 0) is 10.2 Å². The highest BCUT2D eigenvalue weighted by atomic mass is 32.2. The maximum absolute atomic E-state index is 12.9. The summed E-state index contributed by atoms with van der Waals surface area (Å²) in [6.45, 7) is 7.43. The van der Waals surface area contributed by atoms with Gasteiger partial charge < -0.3 is 10.2 Å². The molecule has 2 aliphatic rings. The number of nitrogens with one attached hydrogen (secondary N) is 1. The van der Waals surface area contributed by atoms with Gasteiger partial charge in [-0.15, -0.1) is 0 Å². The number of hydrogen-bond donors (Lipinski definition) is 1. The standard InChI is InChI=1S/C13H28N4O2S/c1-3-13-12-15(2)8-5-10-17(13)20(18,19)16-9-4-6-14-7-11-16/h13-14H,3-12H2,1-2H3. The molecule has 7 heteroatoms. The summed E-state index contributed by atoms with van der Waals surface area (Å²) in [7, 11) is -1.24. The van der Waals surface area contributed by atoms with Gasteiger partial charge in [0.2, 0.25) is 0 Å². The average Bonchev–Trinajstić information content (AvgIpc) is 2.79. The van der Waals surface area contributed by atoms with Crippen molar-refractivity contribution in [2.45, 2.75) is 32.2 Å². The Bertz CT molecular complexity index is 393. The minimum Gasteiger partial charge on any atom is -0.315 e. The molecule has 2 rings (SSSR count). The van der Waals surface area contributed by atoms with Crippen LogP contribution in [0.15, 0.2) is 0 Å². The molecule has 2 saturated heterocycles. The minimum atomic E-state index is -3.32. The maximum Gasteiger partial charge on any atom is 0.282 e. The summed E-state index contributed by atoms with van der Waals surface area (Å²) >= 11 is 0. The lowest BCUT2D eigenvalue weighted by Crippen LogP contribution is -2.51. The van der Waals surface area contributed by atoms with Gasteiger partial charge in [-0.25, -0.2) is 0 Å². The topological polar surface area (TPSA) is 55.9 Å². The molecule has 1 unspecified atom stereocenters. The Morgan fingerprint density at radius 2 is 1.90 bits per heavy atom. The van der Waals surface area contributed by atoms with Crippen molar-refractivity contribution in [3.05, 3.63) is 0 Å². The summed E-state index contributed by atoms with van der Waals surface area (Å²) in [6, 6.07) is 0.101. The van der Waals surface area contributed by atoms with E-state index in [0.717, 1.165) is 45.4 Å². The molecule has 0 amide bonds. The van der Waals surface area contributed by atoms with Crippen LogP contribution in [0.2, 0.25) is 0 Å². The van der Waals surface area contributed by atoms with Crippen molar-refractivity contribution < 1.29 is 8.42 Å². The molecule has 0 aromatic rings. The van der Waals surface area contributed by atoms with Gasteiger partial charge in [-0.2, -0.15) is 17.0 Å². The monoisotopic (exact) mass is 304 g/mol. The predicted octanol–water partition coefficient (Wildman–Crippen LogP) is -0.0574. The second-order valence-electron chi connectivity index (χ2n) is 5.80. The summed E-state index contributed by atoms with van der Waals surface area (Å²) in [5.41, 5.74) is 0. The largest absolute Gasteiger partial charge is 0.315 e. The van der Waals surface area contributed by atoms with E-state index in [1.165, 1.54) is 0 Å². The molecule has 0 aromatic carbocycles. The molecule has 2 fully saturated rings. The van der Waals surface area contributed by atoms with E-state index in [1.54, 1.807) is 8.61 Å². The van der Waals surface area contributed by atoms with Crippen molar-refractivity contribution in [3.63, 3.8) is 0 Å². The van der Waals surface area contributed by atoms with Crippen LogP contribution < -0.4 is 5.32 Å². The smallest absolute Gasteiger partial charge is 0.282 e. The van der Waals surface area contributed by atoms with E-state index < -0.39 is 10.2 Å². The van der Waals surface area contributed by atoms with Crippen LogP contribution in [0.4, 0.5) is 0 Å². The van der Waals surface area contributed by atoms with Gasteiger partial charge in [-0.3, -0.25) is 0 Å². The average molecular weight is 304 g/mol. The van der Waals surface area contributed by atoms with Crippen molar-refractivity contribution >= 4 is 10.2 Å². The molecule has 0 aliphatic carbocycles. The third-order valence-corrected chi connectivity index (χ3v) is 6.33. The molecule has 6 nitrogen and oxygen atoms in total. The first-order chi connectivity index (χ1) is 9.55. The van der Waals surface area contributed by atoms with E-state index in [2.05, 4.69) is 24.2 Å². The molecule has 0 spiro atoms. The van der Waals surface area contributed by atoms with Gasteiger partial charge in [0.05, 0.1) is 0 Å². The lowest BCUT2D eigenvalue weighted by molar-refractivity contribution is 0.254. The van der Waals surface area contributed by atoms with Gasteiger partial charge in [0.15, 0.2) is 0 Å². The van der Waals surface area contributed by atoms with Crippen LogP contribution in [0.5, 0.6) is 0 Å². The third kappa shape index (κ3) is 3.71. The molecule has 2 heterocycles. The number of likely N-dealkylation sites (N-methyl/N-ethyl adjacent to an activating group) is 1. The van der Waals surface area contributed by atoms with E-state index in [-0.39, 0.29) is 6.04 Å². The minimum absolute atomic E-state index is 0.101. The molecule has 0 radical (unpaired) electrons. The third-order valence-electron chi connectivity index (χ3n) is 4.24. The molecular formula is C13H28N4O2S. The second kappa shape index (κ2) is 7.17. The fourth-order valence-electron chi connectivity index (χ4n) is 3.06. The van der Waals surface area contributed by atoms with Crippen LogP contribution in [0.3, 0.4) is 0 Å². The summed E-state index contributed by atoms with van der Waals surface area (Å²) in [5.74, 6) is 0. The molecule has 1 atom stereocenters. The Labute approximate surface area is 123 Å². The first-order valence-electron chi connectivity index (χ1n) is 7.72. The first-order valence-corrected chi connectivity index (χ1v) is 9.11. The molecule has 20 heavy (non-hydrogen) atoms. The van der Waals surface area contributed by atoms with Crippen LogP contribution >= 0.6 is 0 Å². The second-order valence-corrected chi connectivity index (χ2v) is 7.68. The van der Waals surface area contributed by atoms with Crippen molar-refractivity contribution in [2.24, 2.45) is 0 Å². The molecule has 118 valence electrons. The van der Waals surface area contributed by atoms with Crippen molar-refractivity contribution in [2.75, 3.05) is 52.9 Å². The Kier molecular flexibility index (Phi) is 5.80. The Morgan fingerprint density at radius 1 is 1.10 bits per heavy atom.